The van der Waals surface area contributed by atoms with Crippen molar-refractivity contribution in [3.05, 3.63) is 23.4 Å². The van der Waals surface area contributed by atoms with Crippen molar-refractivity contribution in [2.45, 2.75) is 47.1 Å². The maximum absolute atomic E-state index is 5.75. The average molecular weight is 261 g/mol. The van der Waals surface area contributed by atoms with E-state index in [1.54, 1.807) is 0 Å². The van der Waals surface area contributed by atoms with E-state index in [0.717, 1.165) is 30.5 Å². The van der Waals surface area contributed by atoms with Crippen LogP contribution in [-0.2, 0) is 6.54 Å². The zero-order valence-electron chi connectivity index (χ0n) is 12.7. The van der Waals surface area contributed by atoms with E-state index in [-0.39, 0.29) is 0 Å². The number of hydrogen-bond donors (Lipinski definition) is 1. The Hall–Kier alpha value is -1.09. The molecule has 3 heteroatoms. The van der Waals surface area contributed by atoms with Crippen LogP contribution in [0.5, 0.6) is 0 Å². The fourth-order valence-electron chi connectivity index (χ4n) is 2.98. The minimum Gasteiger partial charge on any atom is -0.357 e. The largest absolute Gasteiger partial charge is 0.357 e. The Morgan fingerprint density at radius 2 is 1.89 bits per heavy atom. The first-order chi connectivity index (χ1) is 8.90. The van der Waals surface area contributed by atoms with Crippen molar-refractivity contribution in [2.75, 3.05) is 18.0 Å². The molecule has 0 saturated carbocycles. The lowest BCUT2D eigenvalue weighted by atomic mass is 9.75. The van der Waals surface area contributed by atoms with E-state index in [9.17, 15) is 0 Å². The van der Waals surface area contributed by atoms with Crippen LogP contribution in [-0.4, -0.2) is 18.1 Å². The minimum absolute atomic E-state index is 0.425. The summed E-state index contributed by atoms with van der Waals surface area (Å²) < 4.78 is 0. The second kappa shape index (κ2) is 5.49. The first kappa shape index (κ1) is 14.3. The number of rotatable bonds is 2. The van der Waals surface area contributed by atoms with Crippen molar-refractivity contribution in [3.8, 4) is 0 Å². The van der Waals surface area contributed by atoms with Crippen LogP contribution in [0.4, 0.5) is 5.82 Å². The topological polar surface area (TPSA) is 42.1 Å². The molecule has 19 heavy (non-hydrogen) atoms. The van der Waals surface area contributed by atoms with Crippen molar-refractivity contribution in [1.82, 2.24) is 4.98 Å². The lowest BCUT2D eigenvalue weighted by molar-refractivity contribution is 0.198. The summed E-state index contributed by atoms with van der Waals surface area (Å²) in [6.07, 6.45) is 2.52. The number of aromatic nitrogens is 1. The smallest absolute Gasteiger partial charge is 0.129 e. The molecule has 106 valence electrons. The van der Waals surface area contributed by atoms with Gasteiger partial charge in [-0.25, -0.2) is 4.98 Å². The predicted molar refractivity (Wildman–Crippen MR) is 81.3 cm³/mol. The van der Waals surface area contributed by atoms with E-state index in [4.69, 9.17) is 5.73 Å². The highest BCUT2D eigenvalue weighted by Crippen LogP contribution is 2.35. The number of hydrogen-bond acceptors (Lipinski definition) is 3. The molecule has 1 aliphatic rings. The number of aryl methyl sites for hydroxylation is 1. The number of pyridine rings is 1. The zero-order valence-corrected chi connectivity index (χ0v) is 12.7. The van der Waals surface area contributed by atoms with Gasteiger partial charge in [0.2, 0.25) is 0 Å². The standard InChI is InChI=1S/C16H27N3/c1-12-9-13(11-17)10-15(18-12)19-7-5-14(6-8-19)16(2,3)4/h9-10,14H,5-8,11,17H2,1-4H3. The third kappa shape index (κ3) is 3.47. The van der Waals surface area contributed by atoms with Gasteiger partial charge in [0.25, 0.3) is 0 Å². The normalized spacial score (nSPS) is 17.8. The van der Waals surface area contributed by atoms with Crippen LogP contribution in [0.15, 0.2) is 12.1 Å². The van der Waals surface area contributed by atoms with Gasteiger partial charge in [-0.05, 0) is 48.8 Å². The van der Waals surface area contributed by atoms with Crippen LogP contribution in [0.2, 0.25) is 0 Å². The van der Waals surface area contributed by atoms with Gasteiger partial charge in [0.15, 0.2) is 0 Å². The molecule has 1 aliphatic heterocycles. The van der Waals surface area contributed by atoms with Gasteiger partial charge >= 0.3 is 0 Å². The van der Waals surface area contributed by atoms with Gasteiger partial charge in [-0.3, -0.25) is 0 Å². The minimum atomic E-state index is 0.425. The summed E-state index contributed by atoms with van der Waals surface area (Å²) in [5.41, 5.74) is 8.42. The second-order valence-electron chi connectivity index (χ2n) is 6.81. The molecule has 2 heterocycles. The molecule has 2 rings (SSSR count). The molecule has 0 aromatic carbocycles. The molecular weight excluding hydrogens is 234 g/mol. The highest BCUT2D eigenvalue weighted by atomic mass is 15.2. The van der Waals surface area contributed by atoms with Gasteiger partial charge in [0.1, 0.15) is 5.82 Å². The lowest BCUT2D eigenvalue weighted by Gasteiger charge is -2.39. The zero-order chi connectivity index (χ0) is 14.0. The van der Waals surface area contributed by atoms with E-state index in [1.165, 1.54) is 18.4 Å². The first-order valence-electron chi connectivity index (χ1n) is 7.32. The van der Waals surface area contributed by atoms with Crippen LogP contribution >= 0.6 is 0 Å². The van der Waals surface area contributed by atoms with Crippen LogP contribution in [0, 0.1) is 18.3 Å². The van der Waals surface area contributed by atoms with Gasteiger partial charge in [-0.15, -0.1) is 0 Å². The summed E-state index contributed by atoms with van der Waals surface area (Å²) in [6.45, 7) is 11.9. The quantitative estimate of drug-likeness (QED) is 0.889. The molecular formula is C16H27N3. The molecule has 0 bridgehead atoms. The fourth-order valence-corrected chi connectivity index (χ4v) is 2.98. The molecule has 1 aromatic rings. The van der Waals surface area contributed by atoms with Crippen LogP contribution in [0.25, 0.3) is 0 Å². The molecule has 0 unspecified atom stereocenters. The Morgan fingerprint density at radius 3 is 2.42 bits per heavy atom. The van der Waals surface area contributed by atoms with Crippen LogP contribution in [0.1, 0.15) is 44.9 Å². The van der Waals surface area contributed by atoms with E-state index >= 15 is 0 Å². The summed E-state index contributed by atoms with van der Waals surface area (Å²) in [5, 5.41) is 0. The molecule has 1 fully saturated rings. The molecule has 3 nitrogen and oxygen atoms in total. The van der Waals surface area contributed by atoms with E-state index in [1.807, 2.05) is 6.92 Å². The van der Waals surface area contributed by atoms with Crippen molar-refractivity contribution in [1.29, 1.82) is 0 Å². The SMILES string of the molecule is Cc1cc(CN)cc(N2CCC(C(C)(C)C)CC2)n1. The van der Waals surface area contributed by atoms with E-state index < -0.39 is 0 Å². The van der Waals surface area contributed by atoms with Gasteiger partial charge < -0.3 is 10.6 Å². The van der Waals surface area contributed by atoms with Crippen molar-refractivity contribution < 1.29 is 0 Å². The molecule has 1 aromatic heterocycles. The summed E-state index contributed by atoms with van der Waals surface area (Å²) in [7, 11) is 0. The van der Waals surface area contributed by atoms with Crippen molar-refractivity contribution >= 4 is 5.82 Å². The summed E-state index contributed by atoms with van der Waals surface area (Å²) >= 11 is 0. The molecule has 0 atom stereocenters. The number of nitrogens with zero attached hydrogens (tertiary/aromatic N) is 2. The molecule has 0 aliphatic carbocycles. The number of anilines is 1. The van der Waals surface area contributed by atoms with Crippen molar-refractivity contribution in [2.24, 2.45) is 17.1 Å². The van der Waals surface area contributed by atoms with Crippen LogP contribution < -0.4 is 10.6 Å². The second-order valence-corrected chi connectivity index (χ2v) is 6.81. The Morgan fingerprint density at radius 1 is 1.26 bits per heavy atom. The molecule has 2 N–H and O–H groups in total. The predicted octanol–water partition coefficient (Wildman–Crippen LogP) is 3.11. The van der Waals surface area contributed by atoms with E-state index in [0.29, 0.717) is 12.0 Å². The number of nitrogens with two attached hydrogens (primary N) is 1. The summed E-state index contributed by atoms with van der Waals surface area (Å²) in [5.74, 6) is 1.93. The van der Waals surface area contributed by atoms with E-state index in [2.05, 4.69) is 42.8 Å². The van der Waals surface area contributed by atoms with Gasteiger partial charge in [-0.2, -0.15) is 0 Å². The molecule has 0 spiro atoms. The monoisotopic (exact) mass is 261 g/mol. The lowest BCUT2D eigenvalue weighted by Crippen LogP contribution is -2.38. The Bertz CT molecular complexity index is 426. The molecule has 0 amide bonds. The van der Waals surface area contributed by atoms with Gasteiger partial charge in [0.05, 0.1) is 0 Å². The third-order valence-electron chi connectivity index (χ3n) is 4.28. The molecule has 0 radical (unpaired) electrons. The fraction of sp³-hybridized carbons (Fsp3) is 0.688. The highest BCUT2D eigenvalue weighted by molar-refractivity contribution is 5.43. The Labute approximate surface area is 117 Å². The van der Waals surface area contributed by atoms with Crippen LogP contribution in [0.3, 0.4) is 0 Å². The highest BCUT2D eigenvalue weighted by Gasteiger charge is 2.29. The van der Waals surface area contributed by atoms with Gasteiger partial charge in [-0.1, -0.05) is 20.8 Å². The van der Waals surface area contributed by atoms with Gasteiger partial charge in [0, 0.05) is 25.3 Å². The third-order valence-corrected chi connectivity index (χ3v) is 4.28. The Kier molecular flexibility index (Phi) is 4.14. The summed E-state index contributed by atoms with van der Waals surface area (Å²) in [4.78, 5) is 7.07. The summed E-state index contributed by atoms with van der Waals surface area (Å²) in [6, 6.07) is 4.22. The maximum Gasteiger partial charge on any atom is 0.129 e. The number of piperidine rings is 1. The first-order valence-corrected chi connectivity index (χ1v) is 7.32. The average Bonchev–Trinajstić information content (AvgIpc) is 2.37. The molecule has 1 saturated heterocycles. The van der Waals surface area contributed by atoms with Crippen molar-refractivity contribution in [3.63, 3.8) is 0 Å². The maximum atomic E-state index is 5.75. The Balaban J connectivity index is 2.07.